The van der Waals surface area contributed by atoms with Gasteiger partial charge >= 0.3 is 0 Å². The van der Waals surface area contributed by atoms with Crippen molar-refractivity contribution in [3.63, 3.8) is 0 Å². The molecule has 9 nitrogen and oxygen atoms in total. The minimum atomic E-state index is -0.512. The second-order valence-corrected chi connectivity index (χ2v) is 8.78. The predicted octanol–water partition coefficient (Wildman–Crippen LogP) is 3.17. The first kappa shape index (κ1) is 22.6. The highest BCUT2D eigenvalue weighted by molar-refractivity contribution is 6.30. The first-order valence-corrected chi connectivity index (χ1v) is 11.2. The van der Waals surface area contributed by atoms with E-state index in [2.05, 4.69) is 20.1 Å². The predicted molar refractivity (Wildman–Crippen MR) is 125 cm³/mol. The molecule has 1 N–H and O–H groups in total. The standard InChI is InChI=1S/C23H23ClFN7O2/c1-12-13(2)28-22-21(27-12)20(17-5-4-15(24)6-18(17)25)29-23(30-22)32-9-16(11-33)34-19(10-32)14-7-26-31(3)8-14/h4-8,16,19,33H,9-11H2,1-3H3/t16-,19-/m1/s1. The molecule has 11 heteroatoms. The fraction of sp³-hybridized carbons (Fsp3) is 0.348. The lowest BCUT2D eigenvalue weighted by Gasteiger charge is -2.37. The molecule has 1 aliphatic heterocycles. The molecule has 176 valence electrons. The van der Waals surface area contributed by atoms with Gasteiger partial charge < -0.3 is 14.7 Å². The van der Waals surface area contributed by atoms with Crippen molar-refractivity contribution in [3.8, 4) is 11.3 Å². The van der Waals surface area contributed by atoms with E-state index < -0.39 is 11.9 Å². The van der Waals surface area contributed by atoms with Gasteiger partial charge in [-0.15, -0.1) is 0 Å². The van der Waals surface area contributed by atoms with Gasteiger partial charge in [-0.05, 0) is 32.0 Å². The van der Waals surface area contributed by atoms with E-state index in [0.717, 1.165) is 11.3 Å². The second-order valence-electron chi connectivity index (χ2n) is 8.34. The Morgan fingerprint density at radius 3 is 2.65 bits per heavy atom. The van der Waals surface area contributed by atoms with Crippen LogP contribution >= 0.6 is 11.6 Å². The second kappa shape index (κ2) is 8.86. The van der Waals surface area contributed by atoms with E-state index in [1.807, 2.05) is 32.0 Å². The summed E-state index contributed by atoms with van der Waals surface area (Å²) in [6.45, 7) is 4.30. The third kappa shape index (κ3) is 4.20. The molecule has 0 spiro atoms. The molecule has 0 unspecified atom stereocenters. The molecule has 0 saturated carbocycles. The minimum Gasteiger partial charge on any atom is -0.394 e. The minimum absolute atomic E-state index is 0.169. The third-order valence-electron chi connectivity index (χ3n) is 5.87. The highest BCUT2D eigenvalue weighted by Crippen LogP contribution is 2.32. The van der Waals surface area contributed by atoms with Gasteiger partial charge in [0.2, 0.25) is 5.95 Å². The first-order valence-electron chi connectivity index (χ1n) is 10.8. The number of halogens is 2. The highest BCUT2D eigenvalue weighted by atomic mass is 35.5. The van der Waals surface area contributed by atoms with Crippen molar-refractivity contribution in [2.75, 3.05) is 24.6 Å². The van der Waals surface area contributed by atoms with E-state index in [4.69, 9.17) is 21.3 Å². The largest absolute Gasteiger partial charge is 0.394 e. The molecule has 4 heterocycles. The molecule has 1 aliphatic rings. The number of rotatable bonds is 4. The molecule has 2 atom stereocenters. The van der Waals surface area contributed by atoms with Crippen molar-refractivity contribution < 1.29 is 14.2 Å². The molecule has 0 bridgehead atoms. The van der Waals surface area contributed by atoms with E-state index >= 15 is 0 Å². The van der Waals surface area contributed by atoms with Crippen LogP contribution in [0.15, 0.2) is 30.6 Å². The van der Waals surface area contributed by atoms with E-state index in [1.165, 1.54) is 6.07 Å². The molecule has 3 aromatic heterocycles. The Bertz CT molecular complexity index is 1380. The number of aliphatic hydroxyl groups is 1. The molecule has 0 radical (unpaired) electrons. The number of ether oxygens (including phenoxy) is 1. The number of hydrogen-bond donors (Lipinski definition) is 1. The lowest BCUT2D eigenvalue weighted by Crippen LogP contribution is -2.46. The number of aromatic nitrogens is 6. The van der Waals surface area contributed by atoms with Gasteiger partial charge in [-0.3, -0.25) is 4.68 Å². The number of benzene rings is 1. The van der Waals surface area contributed by atoms with Gasteiger partial charge in [-0.2, -0.15) is 10.1 Å². The van der Waals surface area contributed by atoms with Crippen LogP contribution in [-0.2, 0) is 11.8 Å². The van der Waals surface area contributed by atoms with Crippen molar-refractivity contribution in [1.29, 1.82) is 0 Å². The molecule has 34 heavy (non-hydrogen) atoms. The number of aryl methyl sites for hydroxylation is 3. The van der Waals surface area contributed by atoms with Crippen LogP contribution < -0.4 is 4.90 Å². The Morgan fingerprint density at radius 2 is 1.94 bits per heavy atom. The molecule has 0 amide bonds. The highest BCUT2D eigenvalue weighted by Gasteiger charge is 2.31. The smallest absolute Gasteiger partial charge is 0.228 e. The van der Waals surface area contributed by atoms with Gasteiger partial charge in [-0.1, -0.05) is 11.6 Å². The number of morpholine rings is 1. The Hall–Kier alpha value is -3.21. The number of hydrogen-bond acceptors (Lipinski definition) is 8. The molecule has 1 aromatic carbocycles. The fourth-order valence-electron chi connectivity index (χ4n) is 4.00. The number of fused-ring (bicyclic) bond motifs is 1. The Morgan fingerprint density at radius 1 is 1.15 bits per heavy atom. The Balaban J connectivity index is 1.65. The lowest BCUT2D eigenvalue weighted by molar-refractivity contribution is -0.0526. The number of aliphatic hydroxyl groups excluding tert-OH is 1. The van der Waals surface area contributed by atoms with Gasteiger partial charge in [-0.25, -0.2) is 19.3 Å². The van der Waals surface area contributed by atoms with E-state index in [9.17, 15) is 9.50 Å². The van der Waals surface area contributed by atoms with Crippen molar-refractivity contribution in [1.82, 2.24) is 29.7 Å². The maximum atomic E-state index is 15.0. The van der Waals surface area contributed by atoms with Crippen LogP contribution in [0.4, 0.5) is 10.3 Å². The van der Waals surface area contributed by atoms with Crippen molar-refractivity contribution >= 4 is 28.7 Å². The van der Waals surface area contributed by atoms with Gasteiger partial charge in [0.15, 0.2) is 5.65 Å². The van der Waals surface area contributed by atoms with Crippen LogP contribution in [0, 0.1) is 19.7 Å². The molecule has 4 aromatic rings. The molecule has 1 fully saturated rings. The summed E-state index contributed by atoms with van der Waals surface area (Å²) in [7, 11) is 1.83. The van der Waals surface area contributed by atoms with Crippen molar-refractivity contribution in [2.24, 2.45) is 7.05 Å². The summed E-state index contributed by atoms with van der Waals surface area (Å²) in [4.78, 5) is 20.5. The zero-order chi connectivity index (χ0) is 24.0. The van der Waals surface area contributed by atoms with Crippen LogP contribution in [0.1, 0.15) is 23.1 Å². The molecule has 0 aliphatic carbocycles. The van der Waals surface area contributed by atoms with Crippen LogP contribution in [0.3, 0.4) is 0 Å². The summed E-state index contributed by atoms with van der Waals surface area (Å²) in [5, 5.41) is 14.4. The monoisotopic (exact) mass is 483 g/mol. The number of nitrogens with zero attached hydrogens (tertiary/aromatic N) is 7. The fourth-order valence-corrected chi connectivity index (χ4v) is 4.16. The third-order valence-corrected chi connectivity index (χ3v) is 6.10. The van der Waals surface area contributed by atoms with Crippen LogP contribution in [0.2, 0.25) is 5.02 Å². The average molecular weight is 484 g/mol. The summed E-state index contributed by atoms with van der Waals surface area (Å²) in [5.41, 5.74) is 3.67. The quantitative estimate of drug-likeness (QED) is 0.472. The first-order chi connectivity index (χ1) is 16.3. The van der Waals surface area contributed by atoms with Crippen molar-refractivity contribution in [2.45, 2.75) is 26.1 Å². The molecular formula is C23H23ClFN7O2. The van der Waals surface area contributed by atoms with E-state index in [0.29, 0.717) is 41.6 Å². The zero-order valence-corrected chi connectivity index (χ0v) is 19.7. The average Bonchev–Trinajstić information content (AvgIpc) is 3.25. The van der Waals surface area contributed by atoms with Crippen LogP contribution in [-0.4, -0.2) is 60.6 Å². The summed E-state index contributed by atoms with van der Waals surface area (Å²) < 4.78 is 22.7. The van der Waals surface area contributed by atoms with Crippen LogP contribution in [0.25, 0.3) is 22.4 Å². The Kier molecular flexibility index (Phi) is 5.88. The summed E-state index contributed by atoms with van der Waals surface area (Å²) in [5.74, 6) is -0.160. The van der Waals surface area contributed by atoms with Gasteiger partial charge in [0.05, 0.1) is 36.8 Å². The van der Waals surface area contributed by atoms with Gasteiger partial charge in [0, 0.05) is 35.9 Å². The van der Waals surface area contributed by atoms with Gasteiger partial charge in [0.1, 0.15) is 23.1 Å². The maximum absolute atomic E-state index is 15.0. The summed E-state index contributed by atoms with van der Waals surface area (Å²) >= 11 is 5.98. The van der Waals surface area contributed by atoms with Gasteiger partial charge in [0.25, 0.3) is 0 Å². The SMILES string of the molecule is Cc1nc2nc(N3C[C@H](CO)O[C@@H](c4cnn(C)c4)C3)nc(-c3ccc(Cl)cc3F)c2nc1C. The lowest BCUT2D eigenvalue weighted by atomic mass is 10.1. The van der Waals surface area contributed by atoms with E-state index in [1.54, 1.807) is 23.0 Å². The van der Waals surface area contributed by atoms with Crippen molar-refractivity contribution in [3.05, 3.63) is 58.4 Å². The topological polar surface area (TPSA) is 102 Å². The normalized spacial score (nSPS) is 18.6. The van der Waals surface area contributed by atoms with E-state index in [-0.39, 0.29) is 23.3 Å². The molecule has 1 saturated heterocycles. The summed E-state index contributed by atoms with van der Waals surface area (Å²) in [6.07, 6.45) is 2.80. The number of anilines is 1. The molecular weight excluding hydrogens is 461 g/mol. The maximum Gasteiger partial charge on any atom is 0.228 e. The summed E-state index contributed by atoms with van der Waals surface area (Å²) in [6, 6.07) is 4.43. The Labute approximate surface area is 200 Å². The molecule has 5 rings (SSSR count). The van der Waals surface area contributed by atoms with Crippen LogP contribution in [0.5, 0.6) is 0 Å². The zero-order valence-electron chi connectivity index (χ0n) is 18.9.